The minimum absolute atomic E-state index is 0.0617. The molecule has 0 bridgehead atoms. The highest BCUT2D eigenvalue weighted by molar-refractivity contribution is 5.03. The molecular formula is C11H17F2N3O2. The summed E-state index contributed by atoms with van der Waals surface area (Å²) in [6, 6.07) is 0. The Bertz CT molecular complexity index is 420. The molecule has 18 heavy (non-hydrogen) atoms. The molecule has 0 aliphatic heterocycles. The van der Waals surface area contributed by atoms with E-state index in [0.29, 0.717) is 12.2 Å². The van der Waals surface area contributed by atoms with E-state index in [-0.39, 0.29) is 37.6 Å². The topological polar surface area (TPSA) is 85.2 Å². The van der Waals surface area contributed by atoms with Crippen LogP contribution in [0, 0.1) is 0 Å². The van der Waals surface area contributed by atoms with Crippen molar-refractivity contribution in [1.82, 2.24) is 10.1 Å². The van der Waals surface area contributed by atoms with Gasteiger partial charge in [0, 0.05) is 25.3 Å². The third kappa shape index (κ3) is 3.02. The van der Waals surface area contributed by atoms with Gasteiger partial charge < -0.3 is 15.4 Å². The summed E-state index contributed by atoms with van der Waals surface area (Å²) in [6.45, 7) is 1.62. The molecule has 1 aliphatic carbocycles. The Balaban J connectivity index is 2.03. The molecule has 0 radical (unpaired) electrons. The summed E-state index contributed by atoms with van der Waals surface area (Å²) >= 11 is 0. The van der Waals surface area contributed by atoms with E-state index >= 15 is 0 Å². The summed E-state index contributed by atoms with van der Waals surface area (Å²) in [5.74, 6) is -2.46. The molecule has 102 valence electrons. The molecule has 0 spiro atoms. The van der Waals surface area contributed by atoms with E-state index in [4.69, 9.17) is 10.3 Å². The maximum atomic E-state index is 13.1. The van der Waals surface area contributed by atoms with Crippen LogP contribution in [0.25, 0.3) is 0 Å². The van der Waals surface area contributed by atoms with Crippen LogP contribution in [0.15, 0.2) is 4.52 Å². The van der Waals surface area contributed by atoms with Gasteiger partial charge in [-0.2, -0.15) is 4.98 Å². The third-order valence-electron chi connectivity index (χ3n) is 3.22. The standard InChI is InChI=1S/C11H17F2N3O2/c1-10(17,6-14)5-8-15-9(16-18-8)7-2-3-11(12,13)4-7/h7,17H,2-6,14H2,1H3. The minimum Gasteiger partial charge on any atom is -0.388 e. The fourth-order valence-electron chi connectivity index (χ4n) is 2.07. The lowest BCUT2D eigenvalue weighted by Gasteiger charge is -2.17. The van der Waals surface area contributed by atoms with Crippen molar-refractivity contribution in [3.05, 3.63) is 11.7 Å². The zero-order valence-electron chi connectivity index (χ0n) is 10.2. The molecule has 5 nitrogen and oxygen atoms in total. The van der Waals surface area contributed by atoms with Gasteiger partial charge >= 0.3 is 0 Å². The highest BCUT2D eigenvalue weighted by Crippen LogP contribution is 2.43. The number of aromatic nitrogens is 2. The molecule has 0 saturated heterocycles. The number of rotatable bonds is 4. The van der Waals surface area contributed by atoms with E-state index in [9.17, 15) is 13.9 Å². The Labute approximate surface area is 103 Å². The van der Waals surface area contributed by atoms with Crippen molar-refractivity contribution < 1.29 is 18.4 Å². The summed E-state index contributed by atoms with van der Waals surface area (Å²) in [6.07, 6.45) is 0.111. The molecule has 0 aromatic carbocycles. The van der Waals surface area contributed by atoms with Gasteiger partial charge in [0.2, 0.25) is 11.8 Å². The molecule has 1 heterocycles. The lowest BCUT2D eigenvalue weighted by molar-refractivity contribution is 0.00749. The molecular weight excluding hydrogens is 244 g/mol. The Morgan fingerprint density at radius 2 is 2.33 bits per heavy atom. The van der Waals surface area contributed by atoms with Crippen LogP contribution >= 0.6 is 0 Å². The third-order valence-corrected chi connectivity index (χ3v) is 3.22. The molecule has 1 aromatic heterocycles. The quantitative estimate of drug-likeness (QED) is 0.851. The second-order valence-corrected chi connectivity index (χ2v) is 5.22. The predicted octanol–water partition coefficient (Wildman–Crippen LogP) is 1.22. The number of halogens is 2. The van der Waals surface area contributed by atoms with Crippen LogP contribution in [0.2, 0.25) is 0 Å². The highest BCUT2D eigenvalue weighted by Gasteiger charge is 2.42. The summed E-state index contributed by atoms with van der Waals surface area (Å²) in [5.41, 5.74) is 4.26. The fraction of sp³-hybridized carbons (Fsp3) is 0.818. The van der Waals surface area contributed by atoms with Crippen LogP contribution in [-0.2, 0) is 6.42 Å². The molecule has 1 aromatic rings. The van der Waals surface area contributed by atoms with Gasteiger partial charge in [0.15, 0.2) is 5.82 Å². The number of nitrogens with two attached hydrogens (primary N) is 1. The molecule has 2 rings (SSSR count). The SMILES string of the molecule is CC(O)(CN)Cc1nc(C2CCC(F)(F)C2)no1. The summed E-state index contributed by atoms with van der Waals surface area (Å²) in [7, 11) is 0. The smallest absolute Gasteiger partial charge is 0.248 e. The maximum Gasteiger partial charge on any atom is 0.248 e. The average molecular weight is 261 g/mol. The molecule has 7 heteroatoms. The zero-order valence-corrected chi connectivity index (χ0v) is 10.2. The predicted molar refractivity (Wildman–Crippen MR) is 59.2 cm³/mol. The van der Waals surface area contributed by atoms with Crippen molar-refractivity contribution >= 4 is 0 Å². The molecule has 1 fully saturated rings. The first kappa shape index (κ1) is 13.4. The van der Waals surface area contributed by atoms with Crippen LogP contribution < -0.4 is 5.73 Å². The Morgan fingerprint density at radius 3 is 2.89 bits per heavy atom. The summed E-state index contributed by atoms with van der Waals surface area (Å²) in [4.78, 5) is 4.06. The maximum absolute atomic E-state index is 13.1. The monoisotopic (exact) mass is 261 g/mol. The average Bonchev–Trinajstić information content (AvgIpc) is 2.84. The van der Waals surface area contributed by atoms with Crippen LogP contribution in [0.3, 0.4) is 0 Å². The molecule has 1 aliphatic rings. The van der Waals surface area contributed by atoms with Gasteiger partial charge in [-0.05, 0) is 13.3 Å². The lowest BCUT2D eigenvalue weighted by Crippen LogP contribution is -2.36. The first-order valence-corrected chi connectivity index (χ1v) is 5.94. The lowest BCUT2D eigenvalue weighted by atomic mass is 10.0. The first-order valence-electron chi connectivity index (χ1n) is 5.94. The fourth-order valence-corrected chi connectivity index (χ4v) is 2.07. The van der Waals surface area contributed by atoms with Gasteiger partial charge in [0.05, 0.1) is 12.0 Å². The number of alkyl halides is 2. The summed E-state index contributed by atoms with van der Waals surface area (Å²) in [5, 5.41) is 13.5. The summed E-state index contributed by atoms with van der Waals surface area (Å²) < 4.78 is 31.1. The normalized spacial score (nSPS) is 26.2. The Hall–Kier alpha value is -1.08. The van der Waals surface area contributed by atoms with Crippen molar-refractivity contribution in [1.29, 1.82) is 0 Å². The van der Waals surface area contributed by atoms with E-state index in [1.807, 2.05) is 0 Å². The van der Waals surface area contributed by atoms with Crippen LogP contribution in [-0.4, -0.2) is 33.3 Å². The molecule has 2 atom stereocenters. The van der Waals surface area contributed by atoms with Gasteiger partial charge in [0.1, 0.15) is 0 Å². The van der Waals surface area contributed by atoms with Crippen LogP contribution in [0.1, 0.15) is 43.8 Å². The van der Waals surface area contributed by atoms with E-state index < -0.39 is 11.5 Å². The van der Waals surface area contributed by atoms with Crippen molar-refractivity contribution in [2.24, 2.45) is 5.73 Å². The van der Waals surface area contributed by atoms with Gasteiger partial charge in [-0.25, -0.2) is 8.78 Å². The number of hydrogen-bond donors (Lipinski definition) is 2. The van der Waals surface area contributed by atoms with E-state index in [1.165, 1.54) is 0 Å². The largest absolute Gasteiger partial charge is 0.388 e. The van der Waals surface area contributed by atoms with Gasteiger partial charge in [0.25, 0.3) is 0 Å². The van der Waals surface area contributed by atoms with E-state index in [0.717, 1.165) is 0 Å². The van der Waals surface area contributed by atoms with Gasteiger partial charge in [-0.1, -0.05) is 5.16 Å². The number of nitrogens with zero attached hydrogens (tertiary/aromatic N) is 2. The van der Waals surface area contributed by atoms with Gasteiger partial charge in [-0.15, -0.1) is 0 Å². The highest BCUT2D eigenvalue weighted by atomic mass is 19.3. The molecule has 3 N–H and O–H groups in total. The van der Waals surface area contributed by atoms with Crippen molar-refractivity contribution in [2.75, 3.05) is 6.54 Å². The number of hydrogen-bond acceptors (Lipinski definition) is 5. The van der Waals surface area contributed by atoms with E-state index in [1.54, 1.807) is 6.92 Å². The van der Waals surface area contributed by atoms with Crippen LogP contribution in [0.4, 0.5) is 8.78 Å². The minimum atomic E-state index is -2.63. The van der Waals surface area contributed by atoms with E-state index in [2.05, 4.69) is 10.1 Å². The number of aliphatic hydroxyl groups is 1. The molecule has 2 unspecified atom stereocenters. The Kier molecular flexibility index (Phi) is 3.37. The van der Waals surface area contributed by atoms with Gasteiger partial charge in [-0.3, -0.25) is 0 Å². The van der Waals surface area contributed by atoms with Crippen LogP contribution in [0.5, 0.6) is 0 Å². The van der Waals surface area contributed by atoms with Crippen molar-refractivity contribution in [3.8, 4) is 0 Å². The Morgan fingerprint density at radius 1 is 1.61 bits per heavy atom. The van der Waals surface area contributed by atoms with Crippen molar-refractivity contribution in [3.63, 3.8) is 0 Å². The first-order chi connectivity index (χ1) is 8.31. The molecule has 1 saturated carbocycles. The van der Waals surface area contributed by atoms with Crippen molar-refractivity contribution in [2.45, 2.75) is 50.0 Å². The second-order valence-electron chi connectivity index (χ2n) is 5.22. The molecule has 0 amide bonds. The second kappa shape index (κ2) is 4.55. The zero-order chi connectivity index (χ0) is 13.4.